The molecule has 6 aromatic carbocycles. The van der Waals surface area contributed by atoms with Gasteiger partial charge in [-0.05, 0) is 59.7 Å². The third kappa shape index (κ3) is 3.76. The van der Waals surface area contributed by atoms with Crippen LogP contribution in [0, 0.1) is 0 Å². The first kappa shape index (κ1) is 24.8. The monoisotopic (exact) mass is 563 g/mol. The highest BCUT2D eigenvalue weighted by Crippen LogP contribution is 2.54. The molecule has 2 aliphatic heterocycles. The Kier molecular flexibility index (Phi) is 5.57. The summed E-state index contributed by atoms with van der Waals surface area (Å²) in [5.74, 6) is 0. The number of hydrogen-bond acceptors (Lipinski definition) is 2. The number of nitrogens with one attached hydrogen (secondary N) is 1. The third-order valence-corrected chi connectivity index (χ3v) is 8.93. The van der Waals surface area contributed by atoms with Crippen LogP contribution >= 0.6 is 0 Å². The molecule has 0 bridgehead atoms. The average molecular weight is 564 g/mol. The molecule has 0 saturated carbocycles. The van der Waals surface area contributed by atoms with Crippen molar-refractivity contribution >= 4 is 39.7 Å². The van der Waals surface area contributed by atoms with Crippen molar-refractivity contribution < 1.29 is 0 Å². The van der Waals surface area contributed by atoms with Crippen molar-refractivity contribution in [3.63, 3.8) is 0 Å². The van der Waals surface area contributed by atoms with Gasteiger partial charge in [-0.25, -0.2) is 0 Å². The van der Waals surface area contributed by atoms with Gasteiger partial charge in [-0.3, -0.25) is 0 Å². The normalized spacial score (nSPS) is 14.6. The molecule has 1 N–H and O–H groups in total. The van der Waals surface area contributed by atoms with Gasteiger partial charge in [-0.15, -0.1) is 0 Å². The maximum absolute atomic E-state index is 3.74. The molecule has 3 heterocycles. The lowest BCUT2D eigenvalue weighted by Gasteiger charge is -2.29. The van der Waals surface area contributed by atoms with E-state index in [9.17, 15) is 0 Å². The molecular formula is C41H29N3. The summed E-state index contributed by atoms with van der Waals surface area (Å²) in [4.78, 5) is 2.44. The molecule has 0 aliphatic carbocycles. The van der Waals surface area contributed by atoms with E-state index >= 15 is 0 Å². The molecule has 1 atom stereocenters. The van der Waals surface area contributed by atoms with Crippen LogP contribution in [-0.2, 0) is 0 Å². The number of benzene rings is 6. The van der Waals surface area contributed by atoms with E-state index in [2.05, 4.69) is 179 Å². The van der Waals surface area contributed by atoms with Gasteiger partial charge in [0.25, 0.3) is 0 Å². The molecule has 1 aromatic heterocycles. The molecule has 0 unspecified atom stereocenters. The lowest BCUT2D eigenvalue weighted by molar-refractivity contribution is 0.978. The molecular weight excluding hydrogens is 534 g/mol. The summed E-state index contributed by atoms with van der Waals surface area (Å²) in [7, 11) is 0. The Bertz CT molecular complexity index is 2220. The number of aromatic nitrogens is 1. The van der Waals surface area contributed by atoms with Gasteiger partial charge >= 0.3 is 0 Å². The van der Waals surface area contributed by atoms with E-state index in [0.717, 1.165) is 22.7 Å². The zero-order valence-corrected chi connectivity index (χ0v) is 24.1. The van der Waals surface area contributed by atoms with Gasteiger partial charge in [0.05, 0.1) is 28.6 Å². The Labute approximate surface area is 257 Å². The fourth-order valence-corrected chi connectivity index (χ4v) is 7.01. The van der Waals surface area contributed by atoms with Gasteiger partial charge in [0, 0.05) is 39.1 Å². The standard InChI is InChI=1S/C41H29N3/c1-2-15-30(16-3-1)44-38-23-10-6-19-33(38)40-32-18-5-9-22-37(32)43(39-24-11-7-20-34(39)41(40)44)31-17-12-14-29(27-31)36-26-25-28-13-4-8-21-35(28)42-36/h1-27,36,42H/t36-/m1/s1. The van der Waals surface area contributed by atoms with Crippen LogP contribution in [-0.4, -0.2) is 4.57 Å². The largest absolute Gasteiger partial charge is 0.374 e. The second kappa shape index (κ2) is 9.89. The lowest BCUT2D eigenvalue weighted by Crippen LogP contribution is -2.14. The number of para-hydroxylation sites is 5. The van der Waals surface area contributed by atoms with Crippen molar-refractivity contribution in [3.05, 3.63) is 169 Å². The number of rotatable bonds is 3. The van der Waals surface area contributed by atoms with Gasteiger partial charge in [0.2, 0.25) is 0 Å². The van der Waals surface area contributed by atoms with E-state index in [1.165, 1.54) is 50.1 Å². The van der Waals surface area contributed by atoms with Crippen LogP contribution in [0.5, 0.6) is 0 Å². The Balaban J connectivity index is 1.29. The van der Waals surface area contributed by atoms with Gasteiger partial charge in [0.1, 0.15) is 0 Å². The van der Waals surface area contributed by atoms with Crippen LogP contribution < -0.4 is 10.2 Å². The minimum absolute atomic E-state index is 0.0888. The Morgan fingerprint density at radius 2 is 1.23 bits per heavy atom. The van der Waals surface area contributed by atoms with Crippen molar-refractivity contribution in [2.24, 2.45) is 0 Å². The predicted octanol–water partition coefficient (Wildman–Crippen LogP) is 10.9. The second-order valence-electron chi connectivity index (χ2n) is 11.4. The highest BCUT2D eigenvalue weighted by atomic mass is 15.2. The number of nitrogens with zero attached hydrogens (tertiary/aromatic N) is 2. The Hall–Kier alpha value is -5.80. The van der Waals surface area contributed by atoms with E-state index in [1.54, 1.807) is 0 Å². The molecule has 0 amide bonds. The van der Waals surface area contributed by atoms with Crippen LogP contribution in [0.2, 0.25) is 0 Å². The third-order valence-electron chi connectivity index (χ3n) is 8.93. The van der Waals surface area contributed by atoms with Crippen molar-refractivity contribution in [2.45, 2.75) is 6.04 Å². The smallest absolute Gasteiger partial charge is 0.0702 e. The van der Waals surface area contributed by atoms with Crippen LogP contribution in [0.15, 0.2) is 158 Å². The Morgan fingerprint density at radius 1 is 0.545 bits per heavy atom. The van der Waals surface area contributed by atoms with Crippen molar-refractivity contribution in [1.82, 2.24) is 4.57 Å². The van der Waals surface area contributed by atoms with Crippen LogP contribution in [0.3, 0.4) is 0 Å². The fourth-order valence-electron chi connectivity index (χ4n) is 7.01. The van der Waals surface area contributed by atoms with Crippen molar-refractivity contribution in [2.75, 3.05) is 10.2 Å². The molecule has 0 saturated heterocycles. The summed E-state index contributed by atoms with van der Waals surface area (Å²) in [5, 5.41) is 4.99. The minimum Gasteiger partial charge on any atom is -0.374 e. The molecule has 3 nitrogen and oxygen atoms in total. The van der Waals surface area contributed by atoms with Crippen molar-refractivity contribution in [1.29, 1.82) is 0 Å². The highest BCUT2D eigenvalue weighted by Gasteiger charge is 2.31. The molecule has 0 spiro atoms. The first-order valence-corrected chi connectivity index (χ1v) is 15.2. The second-order valence-corrected chi connectivity index (χ2v) is 11.4. The van der Waals surface area contributed by atoms with Gasteiger partial charge in [0.15, 0.2) is 0 Å². The van der Waals surface area contributed by atoms with Crippen LogP contribution in [0.1, 0.15) is 17.2 Å². The maximum Gasteiger partial charge on any atom is 0.0702 e. The van der Waals surface area contributed by atoms with E-state index in [1.807, 2.05) is 0 Å². The zero-order chi connectivity index (χ0) is 29.0. The average Bonchev–Trinajstić information content (AvgIpc) is 3.38. The summed E-state index contributed by atoms with van der Waals surface area (Å²) in [6.07, 6.45) is 4.49. The van der Waals surface area contributed by atoms with E-state index < -0.39 is 0 Å². The molecule has 3 heteroatoms. The van der Waals surface area contributed by atoms with Crippen LogP contribution in [0.4, 0.5) is 22.7 Å². The van der Waals surface area contributed by atoms with Crippen molar-refractivity contribution in [3.8, 4) is 28.1 Å². The first-order chi connectivity index (χ1) is 21.8. The number of anilines is 4. The molecule has 9 rings (SSSR count). The van der Waals surface area contributed by atoms with Crippen LogP contribution in [0.25, 0.3) is 45.1 Å². The van der Waals surface area contributed by atoms with E-state index in [0.29, 0.717) is 0 Å². The van der Waals surface area contributed by atoms with E-state index in [-0.39, 0.29) is 6.04 Å². The zero-order valence-electron chi connectivity index (χ0n) is 24.1. The molecule has 0 fully saturated rings. The maximum atomic E-state index is 3.74. The predicted molar refractivity (Wildman–Crippen MR) is 184 cm³/mol. The summed E-state index contributed by atoms with van der Waals surface area (Å²) in [6, 6.07) is 54.8. The molecule has 208 valence electrons. The SMILES string of the molecule is C1=C[C@H](c2cccc(N3c4ccccc4-c4c(n(-c5ccccc5)c5ccccc45)-c4ccccc43)c2)Nc2ccccc21. The molecule has 7 aromatic rings. The fraction of sp³-hybridized carbons (Fsp3) is 0.0244. The molecule has 44 heavy (non-hydrogen) atoms. The van der Waals surface area contributed by atoms with Gasteiger partial charge < -0.3 is 14.8 Å². The molecule has 2 aliphatic rings. The van der Waals surface area contributed by atoms with Gasteiger partial charge in [-0.2, -0.15) is 0 Å². The van der Waals surface area contributed by atoms with E-state index in [4.69, 9.17) is 0 Å². The van der Waals surface area contributed by atoms with Gasteiger partial charge in [-0.1, -0.05) is 115 Å². The quantitative estimate of drug-likeness (QED) is 0.231. The minimum atomic E-state index is 0.0888. The topological polar surface area (TPSA) is 20.2 Å². The Morgan fingerprint density at radius 3 is 2.11 bits per heavy atom. The summed E-state index contributed by atoms with van der Waals surface area (Å²) in [5.41, 5.74) is 14.3. The first-order valence-electron chi connectivity index (χ1n) is 15.2. The molecule has 0 radical (unpaired) electrons. The summed E-state index contributed by atoms with van der Waals surface area (Å²) in [6.45, 7) is 0. The number of fused-ring (bicyclic) bond motifs is 8. The highest BCUT2D eigenvalue weighted by molar-refractivity contribution is 6.12. The number of hydrogen-bond donors (Lipinski definition) is 1. The summed E-state index contributed by atoms with van der Waals surface area (Å²) >= 11 is 0. The lowest BCUT2D eigenvalue weighted by atomic mass is 9.98. The summed E-state index contributed by atoms with van der Waals surface area (Å²) < 4.78 is 2.44.